The third-order valence-corrected chi connectivity index (χ3v) is 4.27. The fourth-order valence-corrected chi connectivity index (χ4v) is 2.60. The van der Waals surface area contributed by atoms with E-state index in [0.29, 0.717) is 5.16 Å². The second-order valence-corrected chi connectivity index (χ2v) is 5.82. The summed E-state index contributed by atoms with van der Waals surface area (Å²) in [5.74, 6) is 1.52. The van der Waals surface area contributed by atoms with Gasteiger partial charge >= 0.3 is 5.97 Å². The molecule has 0 aliphatic heterocycles. The molecule has 0 aromatic carbocycles. The normalized spacial score (nSPS) is 21.9. The molecule has 1 heterocycles. The zero-order valence-corrected chi connectivity index (χ0v) is 11.6. The first-order valence-electron chi connectivity index (χ1n) is 5.94. The summed E-state index contributed by atoms with van der Waals surface area (Å²) in [6.45, 7) is 3.24. The van der Waals surface area contributed by atoms with Crippen molar-refractivity contribution in [2.24, 2.45) is 18.9 Å². The zero-order chi connectivity index (χ0) is 13.3. The van der Waals surface area contributed by atoms with E-state index in [0.717, 1.165) is 24.3 Å². The molecule has 1 aromatic rings. The van der Waals surface area contributed by atoms with Gasteiger partial charge in [0.25, 0.3) is 0 Å². The van der Waals surface area contributed by atoms with Crippen LogP contribution in [0.2, 0.25) is 0 Å². The summed E-state index contributed by atoms with van der Waals surface area (Å²) in [5.41, 5.74) is 0. The fraction of sp³-hybridized carbons (Fsp3) is 0.727. The molecule has 18 heavy (non-hydrogen) atoms. The van der Waals surface area contributed by atoms with Crippen LogP contribution < -0.4 is 4.90 Å². The summed E-state index contributed by atoms with van der Waals surface area (Å²) in [4.78, 5) is 12.6. The monoisotopic (exact) mass is 270 g/mol. The van der Waals surface area contributed by atoms with E-state index in [4.69, 9.17) is 5.11 Å². The number of carboxylic acids is 1. The van der Waals surface area contributed by atoms with Crippen LogP contribution in [-0.4, -0.2) is 45.2 Å². The van der Waals surface area contributed by atoms with Crippen LogP contribution in [-0.2, 0) is 11.8 Å². The van der Waals surface area contributed by atoms with Gasteiger partial charge in [0.1, 0.15) is 0 Å². The van der Waals surface area contributed by atoms with E-state index in [1.54, 1.807) is 0 Å². The van der Waals surface area contributed by atoms with Crippen LogP contribution in [0.15, 0.2) is 5.16 Å². The molecule has 1 aliphatic rings. The number of hydrogen-bond donors (Lipinski definition) is 1. The lowest BCUT2D eigenvalue weighted by atomic mass is 10.3. The highest BCUT2D eigenvalue weighted by Crippen LogP contribution is 2.38. The molecule has 2 unspecified atom stereocenters. The number of rotatable bonds is 6. The van der Waals surface area contributed by atoms with Crippen molar-refractivity contribution in [3.05, 3.63) is 0 Å². The molecule has 1 aromatic heterocycles. The van der Waals surface area contributed by atoms with Gasteiger partial charge in [-0.25, -0.2) is 0 Å². The van der Waals surface area contributed by atoms with Gasteiger partial charge in [0.05, 0.1) is 5.75 Å². The largest absolute Gasteiger partial charge is 0.481 e. The highest BCUT2D eigenvalue weighted by Gasteiger charge is 2.34. The zero-order valence-electron chi connectivity index (χ0n) is 10.8. The van der Waals surface area contributed by atoms with Gasteiger partial charge in [-0.3, -0.25) is 9.36 Å². The fourth-order valence-electron chi connectivity index (χ4n) is 1.98. The number of nitrogens with zero attached hydrogens (tertiary/aromatic N) is 4. The van der Waals surface area contributed by atoms with Crippen LogP contribution in [0.4, 0.5) is 5.95 Å². The molecule has 0 bridgehead atoms. The second-order valence-electron chi connectivity index (χ2n) is 4.88. The van der Waals surface area contributed by atoms with Gasteiger partial charge in [0, 0.05) is 20.6 Å². The number of carbonyl (C=O) groups is 1. The minimum atomic E-state index is -0.843. The lowest BCUT2D eigenvalue weighted by Crippen LogP contribution is -2.23. The summed E-state index contributed by atoms with van der Waals surface area (Å²) in [5, 5.41) is 17.4. The molecule has 100 valence electrons. The van der Waals surface area contributed by atoms with Crippen molar-refractivity contribution in [3.63, 3.8) is 0 Å². The molecule has 1 aliphatic carbocycles. The Morgan fingerprint density at radius 1 is 1.61 bits per heavy atom. The molecule has 0 amide bonds. The molecule has 0 saturated heterocycles. The van der Waals surface area contributed by atoms with Crippen LogP contribution in [0.1, 0.15) is 13.3 Å². The smallest absolute Gasteiger partial charge is 0.313 e. The Balaban J connectivity index is 1.98. The van der Waals surface area contributed by atoms with Crippen LogP contribution in [0.5, 0.6) is 0 Å². The van der Waals surface area contributed by atoms with Crippen LogP contribution >= 0.6 is 11.8 Å². The maximum atomic E-state index is 10.5. The maximum Gasteiger partial charge on any atom is 0.313 e. The summed E-state index contributed by atoms with van der Waals surface area (Å²) in [6.07, 6.45) is 1.28. The minimum absolute atomic E-state index is 0.00927. The van der Waals surface area contributed by atoms with Crippen molar-refractivity contribution < 1.29 is 9.90 Å². The Morgan fingerprint density at radius 2 is 2.28 bits per heavy atom. The van der Waals surface area contributed by atoms with E-state index in [-0.39, 0.29) is 5.75 Å². The van der Waals surface area contributed by atoms with Gasteiger partial charge in [0.15, 0.2) is 5.16 Å². The van der Waals surface area contributed by atoms with Crippen molar-refractivity contribution in [3.8, 4) is 0 Å². The van der Waals surface area contributed by atoms with E-state index in [9.17, 15) is 4.79 Å². The first kappa shape index (κ1) is 13.2. The molecule has 1 fully saturated rings. The predicted octanol–water partition coefficient (Wildman–Crippen LogP) is 1.08. The lowest BCUT2D eigenvalue weighted by molar-refractivity contribution is -0.133. The number of thioether (sulfide) groups is 1. The van der Waals surface area contributed by atoms with E-state index < -0.39 is 5.97 Å². The van der Waals surface area contributed by atoms with Crippen molar-refractivity contribution in [1.29, 1.82) is 0 Å². The molecule has 1 saturated carbocycles. The Kier molecular flexibility index (Phi) is 3.79. The van der Waals surface area contributed by atoms with Gasteiger partial charge < -0.3 is 10.0 Å². The van der Waals surface area contributed by atoms with Crippen molar-refractivity contribution in [1.82, 2.24) is 14.8 Å². The molecule has 0 spiro atoms. The van der Waals surface area contributed by atoms with Gasteiger partial charge in [0.2, 0.25) is 5.95 Å². The van der Waals surface area contributed by atoms with Gasteiger partial charge in [-0.15, -0.1) is 10.2 Å². The number of aliphatic carboxylic acids is 1. The Morgan fingerprint density at radius 3 is 2.83 bits per heavy atom. The molecular formula is C11H18N4O2S. The van der Waals surface area contributed by atoms with Gasteiger partial charge in [-0.1, -0.05) is 18.7 Å². The highest BCUT2D eigenvalue weighted by atomic mass is 32.2. The first-order chi connectivity index (χ1) is 8.49. The van der Waals surface area contributed by atoms with E-state index >= 15 is 0 Å². The molecule has 0 radical (unpaired) electrons. The molecule has 7 heteroatoms. The number of aromatic nitrogens is 3. The third kappa shape index (κ3) is 2.95. The minimum Gasteiger partial charge on any atom is -0.481 e. The summed E-state index contributed by atoms with van der Waals surface area (Å²) in [7, 11) is 3.87. The Hall–Kier alpha value is -1.24. The first-order valence-corrected chi connectivity index (χ1v) is 6.92. The molecular weight excluding hydrogens is 252 g/mol. The Bertz CT molecular complexity index is 448. The molecule has 1 N–H and O–H groups in total. The van der Waals surface area contributed by atoms with Crippen LogP contribution in [0.3, 0.4) is 0 Å². The van der Waals surface area contributed by atoms with E-state index in [1.807, 2.05) is 18.7 Å². The average molecular weight is 270 g/mol. The third-order valence-electron chi connectivity index (χ3n) is 3.26. The molecule has 2 atom stereocenters. The van der Waals surface area contributed by atoms with E-state index in [1.165, 1.54) is 18.2 Å². The van der Waals surface area contributed by atoms with Crippen LogP contribution in [0, 0.1) is 11.8 Å². The number of anilines is 1. The standard InChI is InChI=1S/C11H18N4O2S/c1-7-4-8(7)5-14(2)10-12-13-11(15(10)3)18-6-9(16)17/h7-8H,4-6H2,1-3H3,(H,16,17). The van der Waals surface area contributed by atoms with Crippen molar-refractivity contribution >= 4 is 23.7 Å². The molecule has 6 nitrogen and oxygen atoms in total. The maximum absolute atomic E-state index is 10.5. The van der Waals surface area contributed by atoms with Crippen molar-refractivity contribution in [2.75, 3.05) is 24.2 Å². The highest BCUT2D eigenvalue weighted by molar-refractivity contribution is 7.99. The molecule has 2 rings (SSSR count). The summed E-state index contributed by atoms with van der Waals surface area (Å²) in [6, 6.07) is 0. The summed E-state index contributed by atoms with van der Waals surface area (Å²) < 4.78 is 1.85. The number of hydrogen-bond acceptors (Lipinski definition) is 5. The summed E-state index contributed by atoms with van der Waals surface area (Å²) >= 11 is 1.19. The predicted molar refractivity (Wildman–Crippen MR) is 69.9 cm³/mol. The van der Waals surface area contributed by atoms with Crippen LogP contribution in [0.25, 0.3) is 0 Å². The topological polar surface area (TPSA) is 71.2 Å². The van der Waals surface area contributed by atoms with Crippen molar-refractivity contribution in [2.45, 2.75) is 18.5 Å². The average Bonchev–Trinajstić information content (AvgIpc) is 2.85. The number of carboxylic acid groups (broad SMARTS) is 1. The lowest BCUT2D eigenvalue weighted by Gasteiger charge is -2.17. The SMILES string of the molecule is CC1CC1CN(C)c1nnc(SCC(=O)O)n1C. The van der Waals surface area contributed by atoms with Gasteiger partial charge in [-0.05, 0) is 18.3 Å². The Labute approximate surface area is 110 Å². The van der Waals surface area contributed by atoms with Gasteiger partial charge in [-0.2, -0.15) is 0 Å². The van der Waals surface area contributed by atoms with E-state index in [2.05, 4.69) is 22.0 Å². The second kappa shape index (κ2) is 5.17. The quantitative estimate of drug-likeness (QED) is 0.780.